The van der Waals surface area contributed by atoms with Crippen molar-refractivity contribution in [3.8, 4) is 0 Å². The molecule has 5 atom stereocenters. The van der Waals surface area contributed by atoms with Gasteiger partial charge in [-0.05, 0) is 70.6 Å². The first kappa shape index (κ1) is 20.0. The zero-order valence-electron chi connectivity index (χ0n) is 16.1. The number of ether oxygens (including phenoxy) is 1. The van der Waals surface area contributed by atoms with E-state index in [4.69, 9.17) is 4.74 Å². The van der Waals surface area contributed by atoms with Crippen molar-refractivity contribution in [1.82, 2.24) is 0 Å². The SMILES string of the molecule is C=C[C@@]1(C)CC[C@H]2[C@](C)(CC(=O)O)[C@@H](C(C)(C)C(=O)O)CC[C@]2(C)O1. The van der Waals surface area contributed by atoms with E-state index in [1.165, 1.54) is 0 Å². The quantitative estimate of drug-likeness (QED) is 0.727. The summed E-state index contributed by atoms with van der Waals surface area (Å²) in [5.41, 5.74) is -2.49. The molecule has 142 valence electrons. The van der Waals surface area contributed by atoms with E-state index in [1.807, 2.05) is 19.9 Å². The Kier molecular flexibility index (Phi) is 4.88. The van der Waals surface area contributed by atoms with Crippen molar-refractivity contribution >= 4 is 11.9 Å². The second kappa shape index (κ2) is 6.11. The molecule has 25 heavy (non-hydrogen) atoms. The molecule has 1 saturated carbocycles. The molecule has 2 aliphatic rings. The van der Waals surface area contributed by atoms with E-state index in [0.29, 0.717) is 6.42 Å². The lowest BCUT2D eigenvalue weighted by Crippen LogP contribution is -2.62. The van der Waals surface area contributed by atoms with Gasteiger partial charge in [0.2, 0.25) is 0 Å². The van der Waals surface area contributed by atoms with Crippen LogP contribution in [0.5, 0.6) is 0 Å². The molecule has 0 bridgehead atoms. The van der Waals surface area contributed by atoms with Gasteiger partial charge in [0.25, 0.3) is 0 Å². The van der Waals surface area contributed by atoms with Crippen molar-refractivity contribution in [2.75, 3.05) is 0 Å². The van der Waals surface area contributed by atoms with Gasteiger partial charge in [0, 0.05) is 0 Å². The normalized spacial score (nSPS) is 41.6. The molecule has 2 fully saturated rings. The molecule has 0 spiro atoms. The summed E-state index contributed by atoms with van der Waals surface area (Å²) in [5.74, 6) is -1.97. The van der Waals surface area contributed by atoms with Gasteiger partial charge >= 0.3 is 11.9 Å². The van der Waals surface area contributed by atoms with E-state index in [-0.39, 0.29) is 18.3 Å². The van der Waals surface area contributed by atoms with Gasteiger partial charge in [-0.3, -0.25) is 9.59 Å². The highest BCUT2D eigenvalue weighted by Gasteiger charge is 2.62. The van der Waals surface area contributed by atoms with Gasteiger partial charge in [-0.25, -0.2) is 0 Å². The fourth-order valence-electron chi connectivity index (χ4n) is 5.70. The minimum Gasteiger partial charge on any atom is -0.481 e. The van der Waals surface area contributed by atoms with Gasteiger partial charge in [-0.1, -0.05) is 13.0 Å². The average Bonchev–Trinajstić information content (AvgIpc) is 2.44. The third-order valence-electron chi connectivity index (χ3n) is 7.04. The van der Waals surface area contributed by atoms with E-state index in [2.05, 4.69) is 13.5 Å². The van der Waals surface area contributed by atoms with Crippen molar-refractivity contribution in [1.29, 1.82) is 0 Å². The van der Waals surface area contributed by atoms with Crippen molar-refractivity contribution in [3.63, 3.8) is 0 Å². The van der Waals surface area contributed by atoms with E-state index in [0.717, 1.165) is 19.3 Å². The standard InChI is InChI=1S/C20H32O5/c1-7-18(4)10-8-14-19(5,12-15(21)22)13(17(2,3)16(23)24)9-11-20(14,6)25-18/h7,13-14H,1,8-12H2,2-6H3,(H,21,22)(H,23,24)/t13-,14+,18+,19-,20+/m1/s1. The summed E-state index contributed by atoms with van der Waals surface area (Å²) >= 11 is 0. The van der Waals surface area contributed by atoms with E-state index < -0.39 is 34.0 Å². The fourth-order valence-corrected chi connectivity index (χ4v) is 5.70. The van der Waals surface area contributed by atoms with E-state index in [1.54, 1.807) is 13.8 Å². The number of carboxylic acids is 2. The molecule has 0 unspecified atom stereocenters. The zero-order chi connectivity index (χ0) is 19.3. The number of fused-ring (bicyclic) bond motifs is 1. The maximum Gasteiger partial charge on any atom is 0.309 e. The minimum absolute atomic E-state index is 0.00139. The molecule has 0 amide bonds. The monoisotopic (exact) mass is 352 g/mol. The molecule has 0 radical (unpaired) electrons. The summed E-state index contributed by atoms with van der Waals surface area (Å²) < 4.78 is 6.45. The molecule has 0 aromatic heterocycles. The summed E-state index contributed by atoms with van der Waals surface area (Å²) in [7, 11) is 0. The lowest BCUT2D eigenvalue weighted by molar-refractivity contribution is -0.247. The molecule has 1 aliphatic carbocycles. The zero-order valence-corrected chi connectivity index (χ0v) is 16.1. The second-order valence-electron chi connectivity index (χ2n) is 9.22. The van der Waals surface area contributed by atoms with Gasteiger partial charge in [0.15, 0.2) is 0 Å². The smallest absolute Gasteiger partial charge is 0.309 e. The largest absolute Gasteiger partial charge is 0.481 e. The van der Waals surface area contributed by atoms with E-state index in [9.17, 15) is 19.8 Å². The van der Waals surface area contributed by atoms with Gasteiger partial charge in [0.05, 0.1) is 23.0 Å². The molecule has 0 aromatic rings. The van der Waals surface area contributed by atoms with Crippen LogP contribution in [0, 0.1) is 22.7 Å². The molecule has 5 nitrogen and oxygen atoms in total. The minimum atomic E-state index is -0.981. The Balaban J connectivity index is 2.49. The van der Waals surface area contributed by atoms with Crippen LogP contribution in [0.15, 0.2) is 12.7 Å². The summed E-state index contributed by atoms with van der Waals surface area (Å²) in [6, 6.07) is 0. The maximum atomic E-state index is 11.9. The lowest BCUT2D eigenvalue weighted by atomic mass is 9.47. The van der Waals surface area contributed by atoms with Crippen molar-refractivity contribution < 1.29 is 24.5 Å². The number of carboxylic acid groups (broad SMARTS) is 2. The number of carbonyl (C=O) groups is 2. The van der Waals surface area contributed by atoms with Crippen LogP contribution in [0.1, 0.15) is 66.7 Å². The Morgan fingerprint density at radius 3 is 2.28 bits per heavy atom. The van der Waals surface area contributed by atoms with Crippen LogP contribution < -0.4 is 0 Å². The highest BCUT2D eigenvalue weighted by Crippen LogP contribution is 2.62. The molecule has 1 saturated heterocycles. The molecule has 2 N–H and O–H groups in total. The lowest BCUT2D eigenvalue weighted by Gasteiger charge is -2.62. The number of hydrogen-bond acceptors (Lipinski definition) is 3. The summed E-state index contributed by atoms with van der Waals surface area (Å²) in [4.78, 5) is 23.6. The topological polar surface area (TPSA) is 83.8 Å². The second-order valence-corrected chi connectivity index (χ2v) is 9.22. The van der Waals surface area contributed by atoms with Gasteiger partial charge in [-0.15, -0.1) is 6.58 Å². The van der Waals surface area contributed by atoms with Crippen LogP contribution in [-0.2, 0) is 14.3 Å². The molecular weight excluding hydrogens is 320 g/mol. The van der Waals surface area contributed by atoms with E-state index >= 15 is 0 Å². The highest BCUT2D eigenvalue weighted by atomic mass is 16.5. The first-order valence-corrected chi connectivity index (χ1v) is 9.10. The fraction of sp³-hybridized carbons (Fsp3) is 0.800. The molecule has 1 heterocycles. The van der Waals surface area contributed by atoms with Gasteiger partial charge in [0.1, 0.15) is 0 Å². The predicted octanol–water partition coefficient (Wildman–Crippen LogP) is 4.12. The Hall–Kier alpha value is -1.36. The molecule has 0 aromatic carbocycles. The summed E-state index contributed by atoms with van der Waals surface area (Å²) in [6.07, 6.45) is 4.75. The summed E-state index contributed by atoms with van der Waals surface area (Å²) in [5, 5.41) is 19.3. The molecule has 1 aliphatic heterocycles. The molecular formula is C20H32O5. The molecule has 2 rings (SSSR count). The average molecular weight is 352 g/mol. The van der Waals surface area contributed by atoms with Crippen LogP contribution in [0.25, 0.3) is 0 Å². The van der Waals surface area contributed by atoms with Crippen LogP contribution >= 0.6 is 0 Å². The van der Waals surface area contributed by atoms with Gasteiger partial charge in [-0.2, -0.15) is 0 Å². The Morgan fingerprint density at radius 2 is 1.80 bits per heavy atom. The highest BCUT2D eigenvalue weighted by molar-refractivity contribution is 5.75. The predicted molar refractivity (Wildman–Crippen MR) is 95.3 cm³/mol. The maximum absolute atomic E-state index is 11.9. The molecule has 5 heteroatoms. The first-order chi connectivity index (χ1) is 11.3. The van der Waals surface area contributed by atoms with Crippen LogP contribution in [0.3, 0.4) is 0 Å². The van der Waals surface area contributed by atoms with Crippen molar-refractivity contribution in [3.05, 3.63) is 12.7 Å². The van der Waals surface area contributed by atoms with Crippen LogP contribution in [0.4, 0.5) is 0 Å². The third kappa shape index (κ3) is 3.23. The number of aliphatic carboxylic acids is 2. The first-order valence-electron chi connectivity index (χ1n) is 9.10. The number of rotatable bonds is 5. The summed E-state index contributed by atoms with van der Waals surface area (Å²) in [6.45, 7) is 13.4. The van der Waals surface area contributed by atoms with Crippen LogP contribution in [0.2, 0.25) is 0 Å². The van der Waals surface area contributed by atoms with Crippen molar-refractivity contribution in [2.45, 2.75) is 77.9 Å². The van der Waals surface area contributed by atoms with Crippen LogP contribution in [-0.4, -0.2) is 33.4 Å². The van der Waals surface area contributed by atoms with Crippen molar-refractivity contribution in [2.24, 2.45) is 22.7 Å². The Bertz CT molecular complexity index is 583. The van der Waals surface area contributed by atoms with Gasteiger partial charge < -0.3 is 14.9 Å². The Morgan fingerprint density at radius 1 is 1.20 bits per heavy atom. The third-order valence-corrected chi connectivity index (χ3v) is 7.04. The Labute approximate surface area is 150 Å². The number of hydrogen-bond donors (Lipinski definition) is 2.